The third-order valence-electron chi connectivity index (χ3n) is 5.74. The third-order valence-corrected chi connectivity index (χ3v) is 8.51. The Bertz CT molecular complexity index is 836. The molecule has 30 heavy (non-hydrogen) atoms. The molecule has 0 aliphatic carbocycles. The van der Waals surface area contributed by atoms with Crippen LogP contribution >= 0.6 is 23.2 Å². The minimum Gasteiger partial charge on any atom is -0.340 e. The number of carbonyl (C=O) groups excluding carboxylic acids is 1. The van der Waals surface area contributed by atoms with Gasteiger partial charge in [0.05, 0.1) is 16.6 Å². The molecule has 1 aromatic carbocycles. The minimum atomic E-state index is -3.40. The second-order valence-corrected chi connectivity index (χ2v) is 10.7. The maximum atomic E-state index is 12.9. The van der Waals surface area contributed by atoms with Crippen LogP contribution in [0.25, 0.3) is 0 Å². The third kappa shape index (κ3) is 6.08. The van der Waals surface area contributed by atoms with Crippen molar-refractivity contribution in [2.75, 3.05) is 52.9 Å². The number of hydrogen-bond acceptors (Lipinski definition) is 4. The average molecular weight is 477 g/mol. The number of amides is 1. The summed E-state index contributed by atoms with van der Waals surface area (Å²) in [7, 11) is -1.65. The van der Waals surface area contributed by atoms with Gasteiger partial charge in [-0.2, -0.15) is 17.0 Å². The first-order valence-electron chi connectivity index (χ1n) is 10.4. The summed E-state index contributed by atoms with van der Waals surface area (Å²) in [4.78, 5) is 16.3. The lowest BCUT2D eigenvalue weighted by Crippen LogP contribution is -2.54. The molecule has 2 aliphatic heterocycles. The maximum Gasteiger partial charge on any atom is 0.282 e. The van der Waals surface area contributed by atoms with Gasteiger partial charge in [0.15, 0.2) is 0 Å². The summed E-state index contributed by atoms with van der Waals surface area (Å²) in [6.45, 7) is 3.89. The van der Waals surface area contributed by atoms with Crippen LogP contribution in [0.4, 0.5) is 0 Å². The highest BCUT2D eigenvalue weighted by Gasteiger charge is 2.33. The van der Waals surface area contributed by atoms with Crippen LogP contribution in [0, 0.1) is 0 Å². The van der Waals surface area contributed by atoms with E-state index in [4.69, 9.17) is 23.2 Å². The molecule has 0 radical (unpaired) electrons. The standard InChI is InChI=1S/C20H30Cl2N4O3S/c1-23(15-17-6-7-18(21)19(22)14-17)20(27)16-24-10-12-26(13-11-24)30(28,29)25-8-4-2-3-5-9-25/h6-7,14H,2-5,8-13,15-16H2,1H3. The van der Waals surface area contributed by atoms with Crippen molar-refractivity contribution in [2.24, 2.45) is 0 Å². The second kappa shape index (κ2) is 10.6. The first-order chi connectivity index (χ1) is 14.3. The molecule has 0 unspecified atom stereocenters. The molecule has 3 rings (SSSR count). The number of halogens is 2. The summed E-state index contributed by atoms with van der Waals surface area (Å²) in [5.74, 6) is -0.00935. The van der Waals surface area contributed by atoms with Gasteiger partial charge in [-0.1, -0.05) is 42.1 Å². The van der Waals surface area contributed by atoms with Crippen molar-refractivity contribution in [3.63, 3.8) is 0 Å². The van der Waals surface area contributed by atoms with Crippen molar-refractivity contribution < 1.29 is 13.2 Å². The van der Waals surface area contributed by atoms with E-state index in [0.717, 1.165) is 31.2 Å². The predicted molar refractivity (Wildman–Crippen MR) is 120 cm³/mol. The van der Waals surface area contributed by atoms with Crippen molar-refractivity contribution in [1.82, 2.24) is 18.4 Å². The number of likely N-dealkylation sites (N-methyl/N-ethyl adjacent to an activating group) is 1. The van der Waals surface area contributed by atoms with Gasteiger partial charge in [0, 0.05) is 52.9 Å². The summed E-state index contributed by atoms with van der Waals surface area (Å²) >= 11 is 12.0. The molecule has 168 valence electrons. The smallest absolute Gasteiger partial charge is 0.282 e. The summed E-state index contributed by atoms with van der Waals surface area (Å²) in [5.41, 5.74) is 0.911. The van der Waals surface area contributed by atoms with Crippen LogP contribution in [-0.4, -0.2) is 85.6 Å². The van der Waals surface area contributed by atoms with E-state index in [0.29, 0.717) is 55.9 Å². The fourth-order valence-electron chi connectivity index (χ4n) is 3.87. The van der Waals surface area contributed by atoms with Gasteiger partial charge in [-0.3, -0.25) is 9.69 Å². The highest BCUT2D eigenvalue weighted by Crippen LogP contribution is 2.23. The fraction of sp³-hybridized carbons (Fsp3) is 0.650. The van der Waals surface area contributed by atoms with E-state index in [1.165, 1.54) is 0 Å². The molecule has 0 saturated carbocycles. The summed E-state index contributed by atoms with van der Waals surface area (Å²) < 4.78 is 29.0. The zero-order chi connectivity index (χ0) is 21.7. The van der Waals surface area contributed by atoms with Crippen molar-refractivity contribution in [3.05, 3.63) is 33.8 Å². The summed E-state index contributed by atoms with van der Waals surface area (Å²) in [6, 6.07) is 5.34. The van der Waals surface area contributed by atoms with E-state index in [1.54, 1.807) is 32.7 Å². The van der Waals surface area contributed by atoms with E-state index in [-0.39, 0.29) is 12.5 Å². The monoisotopic (exact) mass is 476 g/mol. The molecular weight excluding hydrogens is 447 g/mol. The first kappa shape index (κ1) is 23.8. The van der Waals surface area contributed by atoms with Crippen LogP contribution in [0.3, 0.4) is 0 Å². The second-order valence-electron chi connectivity index (χ2n) is 7.99. The van der Waals surface area contributed by atoms with E-state index in [1.807, 2.05) is 11.0 Å². The van der Waals surface area contributed by atoms with Crippen LogP contribution in [0.15, 0.2) is 18.2 Å². The predicted octanol–water partition coefficient (Wildman–Crippen LogP) is 2.69. The Hall–Kier alpha value is -0.900. The van der Waals surface area contributed by atoms with Crippen LogP contribution in [0.1, 0.15) is 31.2 Å². The van der Waals surface area contributed by atoms with Gasteiger partial charge >= 0.3 is 0 Å². The quantitative estimate of drug-likeness (QED) is 0.632. The van der Waals surface area contributed by atoms with Crippen LogP contribution in [0.5, 0.6) is 0 Å². The van der Waals surface area contributed by atoms with Crippen molar-refractivity contribution in [1.29, 1.82) is 0 Å². The molecule has 2 fully saturated rings. The number of carbonyl (C=O) groups is 1. The Morgan fingerprint density at radius 3 is 2.13 bits per heavy atom. The molecule has 0 atom stereocenters. The molecule has 1 amide bonds. The Balaban J connectivity index is 1.48. The Labute approximate surface area is 189 Å². The SMILES string of the molecule is CN(Cc1ccc(Cl)c(Cl)c1)C(=O)CN1CCN(S(=O)(=O)N2CCCCCC2)CC1. The Morgan fingerprint density at radius 1 is 0.933 bits per heavy atom. The minimum absolute atomic E-state index is 0.00935. The van der Waals surface area contributed by atoms with Gasteiger partial charge in [0.25, 0.3) is 10.2 Å². The lowest BCUT2D eigenvalue weighted by Gasteiger charge is -2.36. The van der Waals surface area contributed by atoms with Gasteiger partial charge in [0.1, 0.15) is 0 Å². The molecule has 1 aromatic rings. The van der Waals surface area contributed by atoms with Gasteiger partial charge in [-0.15, -0.1) is 0 Å². The molecule has 0 bridgehead atoms. The molecule has 0 aromatic heterocycles. The summed E-state index contributed by atoms with van der Waals surface area (Å²) in [6.07, 6.45) is 4.05. The van der Waals surface area contributed by atoms with Crippen LogP contribution in [-0.2, 0) is 21.5 Å². The lowest BCUT2D eigenvalue weighted by atomic mass is 10.2. The fourth-order valence-corrected chi connectivity index (χ4v) is 5.86. The van der Waals surface area contributed by atoms with E-state index in [9.17, 15) is 13.2 Å². The number of nitrogens with zero attached hydrogens (tertiary/aromatic N) is 4. The highest BCUT2D eigenvalue weighted by atomic mass is 35.5. The molecule has 0 N–H and O–H groups in total. The van der Waals surface area contributed by atoms with Gasteiger partial charge < -0.3 is 4.90 Å². The number of piperazine rings is 1. The first-order valence-corrected chi connectivity index (χ1v) is 12.6. The zero-order valence-corrected chi connectivity index (χ0v) is 19.7. The number of hydrogen-bond donors (Lipinski definition) is 0. The molecule has 2 saturated heterocycles. The Morgan fingerprint density at radius 2 is 1.53 bits per heavy atom. The van der Waals surface area contributed by atoms with E-state index in [2.05, 4.69) is 0 Å². The van der Waals surface area contributed by atoms with Gasteiger partial charge in [-0.25, -0.2) is 0 Å². The van der Waals surface area contributed by atoms with Gasteiger partial charge in [0.2, 0.25) is 5.91 Å². The summed E-state index contributed by atoms with van der Waals surface area (Å²) in [5, 5.41) is 0.958. The maximum absolute atomic E-state index is 12.9. The molecule has 2 aliphatic rings. The van der Waals surface area contributed by atoms with Crippen molar-refractivity contribution in [2.45, 2.75) is 32.2 Å². The van der Waals surface area contributed by atoms with Crippen molar-refractivity contribution in [3.8, 4) is 0 Å². The number of benzene rings is 1. The molecule has 10 heteroatoms. The largest absolute Gasteiger partial charge is 0.340 e. The molecule has 0 spiro atoms. The van der Waals surface area contributed by atoms with E-state index < -0.39 is 10.2 Å². The normalized spacial score (nSPS) is 20.1. The molecule has 7 nitrogen and oxygen atoms in total. The topological polar surface area (TPSA) is 64.2 Å². The molecule has 2 heterocycles. The van der Waals surface area contributed by atoms with Crippen molar-refractivity contribution >= 4 is 39.3 Å². The highest BCUT2D eigenvalue weighted by molar-refractivity contribution is 7.86. The zero-order valence-electron chi connectivity index (χ0n) is 17.4. The lowest BCUT2D eigenvalue weighted by molar-refractivity contribution is -0.131. The van der Waals surface area contributed by atoms with Crippen LogP contribution in [0.2, 0.25) is 10.0 Å². The molecular formula is C20H30Cl2N4O3S. The Kier molecular flexibility index (Phi) is 8.40. The van der Waals surface area contributed by atoms with Gasteiger partial charge in [-0.05, 0) is 30.5 Å². The van der Waals surface area contributed by atoms with E-state index >= 15 is 0 Å². The van der Waals surface area contributed by atoms with Crippen LogP contribution < -0.4 is 0 Å². The number of rotatable bonds is 6. The average Bonchev–Trinajstić information content (AvgIpc) is 3.01.